The van der Waals surface area contributed by atoms with Gasteiger partial charge in [0.05, 0.1) is 30.6 Å². The van der Waals surface area contributed by atoms with Crippen molar-refractivity contribution >= 4 is 5.96 Å². The van der Waals surface area contributed by atoms with Crippen LogP contribution in [0.3, 0.4) is 0 Å². The summed E-state index contributed by atoms with van der Waals surface area (Å²) in [5.74, 6) is 0.912. The van der Waals surface area contributed by atoms with E-state index in [1.807, 2.05) is 36.1 Å². The molecule has 2 aliphatic rings. The van der Waals surface area contributed by atoms with Crippen molar-refractivity contribution in [1.82, 2.24) is 24.9 Å². The van der Waals surface area contributed by atoms with Gasteiger partial charge in [0.15, 0.2) is 5.96 Å². The molecule has 32 heavy (non-hydrogen) atoms. The van der Waals surface area contributed by atoms with Gasteiger partial charge in [0.1, 0.15) is 0 Å². The average molecular weight is 431 g/mol. The Labute approximate surface area is 189 Å². The van der Waals surface area contributed by atoms with Crippen LogP contribution in [0.4, 0.5) is 0 Å². The van der Waals surface area contributed by atoms with E-state index >= 15 is 0 Å². The Balaban J connectivity index is 1.20. The highest BCUT2D eigenvalue weighted by Crippen LogP contribution is 2.24. The summed E-state index contributed by atoms with van der Waals surface area (Å²) >= 11 is 0. The Bertz CT molecular complexity index is 1030. The number of benzene rings is 2. The second-order valence-corrected chi connectivity index (χ2v) is 8.37. The van der Waals surface area contributed by atoms with Crippen LogP contribution in [0.15, 0.2) is 78.0 Å². The molecule has 2 aromatic carbocycles. The minimum Gasteiger partial charge on any atom is -0.373 e. The third kappa shape index (κ3) is 4.54. The lowest BCUT2D eigenvalue weighted by Crippen LogP contribution is -2.50. The van der Waals surface area contributed by atoms with Crippen LogP contribution in [-0.4, -0.2) is 71.0 Å². The quantitative estimate of drug-likeness (QED) is 0.498. The van der Waals surface area contributed by atoms with Gasteiger partial charge in [0, 0.05) is 51.5 Å². The first kappa shape index (κ1) is 20.7. The third-order valence-corrected chi connectivity index (χ3v) is 6.26. The van der Waals surface area contributed by atoms with Crippen molar-refractivity contribution in [2.24, 2.45) is 4.99 Å². The first-order valence-electron chi connectivity index (χ1n) is 11.2. The van der Waals surface area contributed by atoms with Gasteiger partial charge in [-0.25, -0.2) is 4.68 Å². The highest BCUT2D eigenvalue weighted by atomic mass is 16.5. The van der Waals surface area contributed by atoms with Crippen molar-refractivity contribution in [1.29, 1.82) is 0 Å². The van der Waals surface area contributed by atoms with Gasteiger partial charge < -0.3 is 15.0 Å². The molecule has 7 heteroatoms. The van der Waals surface area contributed by atoms with Crippen molar-refractivity contribution in [2.75, 3.05) is 33.3 Å². The molecule has 3 heterocycles. The Morgan fingerprint density at radius 3 is 2.62 bits per heavy atom. The van der Waals surface area contributed by atoms with E-state index < -0.39 is 0 Å². The highest BCUT2D eigenvalue weighted by Gasteiger charge is 2.41. The van der Waals surface area contributed by atoms with Crippen LogP contribution in [0.1, 0.15) is 11.1 Å². The molecule has 0 radical (unpaired) electrons. The molecule has 0 saturated carbocycles. The number of nitrogens with one attached hydrogen (secondary N) is 1. The molecule has 166 valence electrons. The SMILES string of the molecule is CN=C(NCc1cnn(-c2ccccc2)c1)N1CC2OCCN(Cc3ccccc3)C2C1. The summed E-state index contributed by atoms with van der Waals surface area (Å²) in [5.41, 5.74) is 3.53. The van der Waals surface area contributed by atoms with E-state index in [0.717, 1.165) is 50.0 Å². The molecule has 3 aromatic rings. The van der Waals surface area contributed by atoms with E-state index in [9.17, 15) is 0 Å². The third-order valence-electron chi connectivity index (χ3n) is 6.26. The molecule has 7 nitrogen and oxygen atoms in total. The number of guanidine groups is 1. The maximum atomic E-state index is 6.13. The lowest BCUT2D eigenvalue weighted by atomic mass is 10.1. The fourth-order valence-electron chi connectivity index (χ4n) is 4.63. The van der Waals surface area contributed by atoms with Crippen LogP contribution in [0, 0.1) is 0 Å². The molecule has 2 saturated heterocycles. The fraction of sp³-hybridized carbons (Fsp3) is 0.360. The fourth-order valence-corrected chi connectivity index (χ4v) is 4.63. The average Bonchev–Trinajstić information content (AvgIpc) is 3.49. The number of hydrogen-bond acceptors (Lipinski definition) is 4. The number of likely N-dealkylation sites (tertiary alicyclic amines) is 1. The largest absolute Gasteiger partial charge is 0.373 e. The zero-order valence-electron chi connectivity index (χ0n) is 18.5. The summed E-state index contributed by atoms with van der Waals surface area (Å²) < 4.78 is 8.03. The van der Waals surface area contributed by atoms with E-state index in [1.54, 1.807) is 0 Å². The summed E-state index contributed by atoms with van der Waals surface area (Å²) in [6, 6.07) is 21.2. The van der Waals surface area contributed by atoms with Crippen molar-refractivity contribution in [3.8, 4) is 5.69 Å². The number of ether oxygens (including phenoxy) is 1. The van der Waals surface area contributed by atoms with Crippen molar-refractivity contribution < 1.29 is 4.74 Å². The number of fused-ring (bicyclic) bond motifs is 1. The summed E-state index contributed by atoms with van der Waals surface area (Å²) in [6.45, 7) is 5.17. The Hall–Kier alpha value is -3.16. The minimum absolute atomic E-state index is 0.215. The number of aliphatic imine (C=N–C) groups is 1. The Morgan fingerprint density at radius 2 is 1.84 bits per heavy atom. The van der Waals surface area contributed by atoms with Crippen molar-refractivity contribution in [3.05, 3.63) is 84.2 Å². The monoisotopic (exact) mass is 430 g/mol. The van der Waals surface area contributed by atoms with E-state index in [2.05, 4.69) is 73.9 Å². The number of morpholine rings is 1. The van der Waals surface area contributed by atoms with Gasteiger partial charge in [0.25, 0.3) is 0 Å². The van der Waals surface area contributed by atoms with Crippen LogP contribution in [0.2, 0.25) is 0 Å². The zero-order valence-corrected chi connectivity index (χ0v) is 18.5. The molecule has 0 bridgehead atoms. The van der Waals surface area contributed by atoms with Gasteiger partial charge in [-0.3, -0.25) is 9.89 Å². The Morgan fingerprint density at radius 1 is 1.06 bits per heavy atom. The number of para-hydroxylation sites is 1. The van der Waals surface area contributed by atoms with Gasteiger partial charge in [0.2, 0.25) is 0 Å². The predicted octanol–water partition coefficient (Wildman–Crippen LogP) is 2.53. The van der Waals surface area contributed by atoms with E-state index in [1.165, 1.54) is 5.56 Å². The van der Waals surface area contributed by atoms with E-state index in [0.29, 0.717) is 12.6 Å². The van der Waals surface area contributed by atoms with Crippen LogP contribution in [0.25, 0.3) is 5.69 Å². The first-order chi connectivity index (χ1) is 15.8. The van der Waals surface area contributed by atoms with Crippen molar-refractivity contribution in [3.63, 3.8) is 0 Å². The van der Waals surface area contributed by atoms with Crippen LogP contribution < -0.4 is 5.32 Å². The van der Waals surface area contributed by atoms with Crippen LogP contribution in [0.5, 0.6) is 0 Å². The van der Waals surface area contributed by atoms with Gasteiger partial charge in [-0.2, -0.15) is 5.10 Å². The maximum absolute atomic E-state index is 6.13. The predicted molar refractivity (Wildman–Crippen MR) is 126 cm³/mol. The zero-order chi connectivity index (χ0) is 21.8. The lowest BCUT2D eigenvalue weighted by molar-refractivity contribution is -0.0502. The Kier molecular flexibility index (Phi) is 6.18. The molecule has 1 N–H and O–H groups in total. The van der Waals surface area contributed by atoms with Gasteiger partial charge >= 0.3 is 0 Å². The number of hydrogen-bond donors (Lipinski definition) is 1. The molecule has 2 fully saturated rings. The molecule has 2 aliphatic heterocycles. The summed E-state index contributed by atoms with van der Waals surface area (Å²) in [4.78, 5) is 9.42. The minimum atomic E-state index is 0.215. The molecule has 2 unspecified atom stereocenters. The number of rotatable bonds is 5. The second kappa shape index (κ2) is 9.54. The molecule has 0 aliphatic carbocycles. The number of aromatic nitrogens is 2. The van der Waals surface area contributed by atoms with Crippen LogP contribution >= 0.6 is 0 Å². The van der Waals surface area contributed by atoms with E-state index in [-0.39, 0.29) is 6.10 Å². The van der Waals surface area contributed by atoms with Gasteiger partial charge in [-0.05, 0) is 17.7 Å². The lowest BCUT2D eigenvalue weighted by Gasteiger charge is -2.36. The number of nitrogens with zero attached hydrogens (tertiary/aromatic N) is 5. The standard InChI is InChI=1S/C25H30N6O/c1-26-25(27-14-21-15-28-31(17-21)22-10-6-3-7-11-22)30-18-23-24(19-30)32-13-12-29(23)16-20-8-4-2-5-9-20/h2-11,15,17,23-24H,12-14,16,18-19H2,1H3,(H,26,27). The molecule has 1 aromatic heterocycles. The summed E-state index contributed by atoms with van der Waals surface area (Å²) in [5, 5.41) is 8.01. The van der Waals surface area contributed by atoms with Crippen molar-refractivity contribution in [2.45, 2.75) is 25.2 Å². The molecule has 2 atom stereocenters. The molecular formula is C25H30N6O. The van der Waals surface area contributed by atoms with Gasteiger partial charge in [-0.15, -0.1) is 0 Å². The summed E-state index contributed by atoms with van der Waals surface area (Å²) in [6.07, 6.45) is 4.18. The first-order valence-corrected chi connectivity index (χ1v) is 11.2. The maximum Gasteiger partial charge on any atom is 0.194 e. The van der Waals surface area contributed by atoms with E-state index in [4.69, 9.17) is 4.74 Å². The molecule has 0 spiro atoms. The molecule has 5 rings (SSSR count). The van der Waals surface area contributed by atoms with Crippen LogP contribution in [-0.2, 0) is 17.8 Å². The topological polar surface area (TPSA) is 57.9 Å². The molecular weight excluding hydrogens is 400 g/mol. The smallest absolute Gasteiger partial charge is 0.194 e. The summed E-state index contributed by atoms with van der Waals surface area (Å²) in [7, 11) is 1.85. The van der Waals surface area contributed by atoms with Gasteiger partial charge in [-0.1, -0.05) is 48.5 Å². The highest BCUT2D eigenvalue weighted by molar-refractivity contribution is 5.80. The normalized spacial score (nSPS) is 21.5. The molecule has 0 amide bonds. The second-order valence-electron chi connectivity index (χ2n) is 8.37.